The van der Waals surface area contributed by atoms with Crippen molar-refractivity contribution in [2.75, 3.05) is 12.4 Å². The lowest BCUT2D eigenvalue weighted by molar-refractivity contribution is 0.414. The molecule has 0 spiro atoms. The van der Waals surface area contributed by atoms with Crippen molar-refractivity contribution >= 4 is 15.8 Å². The van der Waals surface area contributed by atoms with E-state index in [0.717, 1.165) is 11.3 Å². The minimum absolute atomic E-state index is 0.241. The molecule has 3 aromatic rings. The molecule has 0 bridgehead atoms. The first-order valence-corrected chi connectivity index (χ1v) is 10.6. The Balaban J connectivity index is 1.71. The lowest BCUT2D eigenvalue weighted by Crippen LogP contribution is -2.14. The van der Waals surface area contributed by atoms with Gasteiger partial charge in [0.05, 0.1) is 24.5 Å². The first kappa shape index (κ1) is 21.1. The van der Waals surface area contributed by atoms with E-state index in [1.54, 1.807) is 37.4 Å². The number of nitrogens with zero attached hydrogens (tertiary/aromatic N) is 2. The fourth-order valence-electron chi connectivity index (χ4n) is 2.66. The van der Waals surface area contributed by atoms with Crippen molar-refractivity contribution < 1.29 is 17.9 Å². The van der Waals surface area contributed by atoms with E-state index in [4.69, 9.17) is 14.6 Å². The highest BCUT2D eigenvalue weighted by molar-refractivity contribution is 7.88. The summed E-state index contributed by atoms with van der Waals surface area (Å²) in [6.45, 7) is 0.508. The first-order valence-electron chi connectivity index (χ1n) is 8.91. The maximum Gasteiger partial charge on any atom is 0.222 e. The van der Waals surface area contributed by atoms with Gasteiger partial charge < -0.3 is 14.8 Å². The van der Waals surface area contributed by atoms with E-state index in [0.29, 0.717) is 29.2 Å². The summed E-state index contributed by atoms with van der Waals surface area (Å²) in [5, 5.41) is 17.5. The number of anilines is 1. The van der Waals surface area contributed by atoms with E-state index in [1.807, 2.05) is 24.3 Å². The van der Waals surface area contributed by atoms with Gasteiger partial charge in [-0.15, -0.1) is 0 Å². The lowest BCUT2D eigenvalue weighted by Gasteiger charge is -2.10. The van der Waals surface area contributed by atoms with E-state index in [1.165, 1.54) is 6.07 Å². The molecule has 154 valence electrons. The zero-order valence-corrected chi connectivity index (χ0v) is 17.0. The Morgan fingerprint density at radius 3 is 2.27 bits per heavy atom. The van der Waals surface area contributed by atoms with Gasteiger partial charge in [0.25, 0.3) is 0 Å². The third-order valence-electron chi connectivity index (χ3n) is 4.08. The molecular formula is C21H20N4O4S. The van der Waals surface area contributed by atoms with E-state index in [-0.39, 0.29) is 11.6 Å². The van der Waals surface area contributed by atoms with Crippen molar-refractivity contribution in [3.63, 3.8) is 0 Å². The molecule has 0 saturated carbocycles. The van der Waals surface area contributed by atoms with Gasteiger partial charge in [-0.2, -0.15) is 10.2 Å². The largest absolute Gasteiger partial charge is 0.497 e. The fourth-order valence-corrected chi connectivity index (χ4v) is 3.31. The van der Waals surface area contributed by atoms with Crippen LogP contribution in [0.5, 0.6) is 17.4 Å². The first-order chi connectivity index (χ1) is 14.3. The maximum atomic E-state index is 11.2. The molecule has 0 saturated heterocycles. The highest BCUT2D eigenvalue weighted by Gasteiger charge is 2.08. The van der Waals surface area contributed by atoms with Gasteiger partial charge in [-0.3, -0.25) is 0 Å². The summed E-state index contributed by atoms with van der Waals surface area (Å²) >= 11 is 0. The van der Waals surface area contributed by atoms with Crippen LogP contribution in [0, 0.1) is 11.3 Å². The predicted octanol–water partition coefficient (Wildman–Crippen LogP) is 3.15. The topological polar surface area (TPSA) is 127 Å². The molecule has 0 radical (unpaired) electrons. The number of sulfonamides is 1. The third-order valence-corrected chi connectivity index (χ3v) is 4.81. The van der Waals surface area contributed by atoms with Crippen LogP contribution in [-0.4, -0.2) is 20.5 Å². The van der Waals surface area contributed by atoms with Crippen molar-refractivity contribution in [3.8, 4) is 23.4 Å². The minimum Gasteiger partial charge on any atom is -0.497 e. The highest BCUT2D eigenvalue weighted by atomic mass is 32.2. The molecule has 30 heavy (non-hydrogen) atoms. The number of hydrogen-bond donors (Lipinski definition) is 2. The van der Waals surface area contributed by atoms with Gasteiger partial charge >= 0.3 is 0 Å². The SMILES string of the molecule is COc1ccc(CNc2cc(C#N)cc(Oc3ccc(CS(N)(=O)=O)cc3)n2)cc1. The van der Waals surface area contributed by atoms with Crippen molar-refractivity contribution in [2.45, 2.75) is 12.3 Å². The molecule has 3 rings (SSSR count). The molecule has 1 heterocycles. The second kappa shape index (κ2) is 9.26. The van der Waals surface area contributed by atoms with E-state index >= 15 is 0 Å². The van der Waals surface area contributed by atoms with E-state index < -0.39 is 10.0 Å². The smallest absolute Gasteiger partial charge is 0.222 e. The summed E-state index contributed by atoms with van der Waals surface area (Å²) < 4.78 is 33.2. The standard InChI is InChI=1S/C21H20N4O4S/c1-28-18-6-2-15(3-7-18)13-24-20-10-17(12-22)11-21(25-20)29-19-8-4-16(5-9-19)14-30(23,26)27/h2-11H,13-14H2,1H3,(H,24,25)(H2,23,26,27). The second-order valence-corrected chi connectivity index (χ2v) is 8.06. The number of nitrogens with two attached hydrogens (primary N) is 1. The number of primary sulfonamides is 1. The van der Waals surface area contributed by atoms with Crippen LogP contribution in [0.4, 0.5) is 5.82 Å². The van der Waals surface area contributed by atoms with Gasteiger partial charge in [0.2, 0.25) is 15.9 Å². The average Bonchev–Trinajstić information content (AvgIpc) is 2.73. The number of rotatable bonds is 8. The normalized spacial score (nSPS) is 10.8. The Morgan fingerprint density at radius 1 is 1.03 bits per heavy atom. The van der Waals surface area contributed by atoms with Gasteiger partial charge in [-0.25, -0.2) is 13.6 Å². The molecule has 8 nitrogen and oxygen atoms in total. The number of ether oxygens (including phenoxy) is 2. The second-order valence-electron chi connectivity index (χ2n) is 6.45. The molecule has 0 atom stereocenters. The van der Waals surface area contributed by atoms with Crippen molar-refractivity contribution in [2.24, 2.45) is 5.14 Å². The minimum atomic E-state index is -3.60. The number of pyridine rings is 1. The number of hydrogen-bond acceptors (Lipinski definition) is 7. The molecule has 0 aliphatic carbocycles. The van der Waals surface area contributed by atoms with Gasteiger partial charge in [0, 0.05) is 12.6 Å². The summed E-state index contributed by atoms with van der Waals surface area (Å²) in [5.41, 5.74) is 1.96. The highest BCUT2D eigenvalue weighted by Crippen LogP contribution is 2.24. The number of nitriles is 1. The molecular weight excluding hydrogens is 404 g/mol. The molecule has 0 unspecified atom stereocenters. The van der Waals surface area contributed by atoms with Gasteiger partial charge in [0.15, 0.2) is 0 Å². The Morgan fingerprint density at radius 2 is 1.67 bits per heavy atom. The molecule has 0 aliphatic heterocycles. The summed E-state index contributed by atoms with van der Waals surface area (Å²) in [4.78, 5) is 4.38. The Kier molecular flexibility index (Phi) is 6.51. The van der Waals surface area contributed by atoms with Crippen molar-refractivity contribution in [1.82, 2.24) is 4.98 Å². The van der Waals surface area contributed by atoms with Crippen molar-refractivity contribution in [1.29, 1.82) is 5.26 Å². The van der Waals surface area contributed by atoms with Crippen LogP contribution in [0.3, 0.4) is 0 Å². The quantitative estimate of drug-likeness (QED) is 0.568. The van der Waals surface area contributed by atoms with E-state index in [9.17, 15) is 13.7 Å². The van der Waals surface area contributed by atoms with Crippen LogP contribution in [0.15, 0.2) is 60.7 Å². The summed E-state index contributed by atoms with van der Waals surface area (Å²) in [6.07, 6.45) is 0. The van der Waals surface area contributed by atoms with Crippen LogP contribution in [0.2, 0.25) is 0 Å². The van der Waals surface area contributed by atoms with E-state index in [2.05, 4.69) is 16.4 Å². The average molecular weight is 424 g/mol. The Bertz CT molecular complexity index is 1160. The molecule has 0 aliphatic rings. The number of aromatic nitrogens is 1. The predicted molar refractivity (Wildman–Crippen MR) is 113 cm³/mol. The molecule has 1 aromatic heterocycles. The summed E-state index contributed by atoms with van der Waals surface area (Å²) in [6, 6.07) is 19.3. The maximum absolute atomic E-state index is 11.2. The molecule has 9 heteroatoms. The van der Waals surface area contributed by atoms with Gasteiger partial charge in [-0.1, -0.05) is 24.3 Å². The molecule has 3 N–H and O–H groups in total. The molecule has 2 aromatic carbocycles. The summed E-state index contributed by atoms with van der Waals surface area (Å²) in [7, 11) is -1.99. The van der Waals surface area contributed by atoms with Crippen LogP contribution in [0.1, 0.15) is 16.7 Å². The monoisotopic (exact) mass is 424 g/mol. The molecule has 0 amide bonds. The van der Waals surface area contributed by atoms with Gasteiger partial charge in [-0.05, 0) is 41.5 Å². The van der Waals surface area contributed by atoms with Crippen LogP contribution in [-0.2, 0) is 22.3 Å². The number of nitrogens with one attached hydrogen (secondary N) is 1. The fraction of sp³-hybridized carbons (Fsp3) is 0.143. The van der Waals surface area contributed by atoms with Crippen LogP contribution < -0.4 is 19.9 Å². The summed E-state index contributed by atoms with van der Waals surface area (Å²) in [5.74, 6) is 1.71. The van der Waals surface area contributed by atoms with Gasteiger partial charge in [0.1, 0.15) is 17.3 Å². The third kappa shape index (κ3) is 6.20. The Labute approximate surface area is 174 Å². The zero-order chi connectivity index (χ0) is 21.6. The Hall–Kier alpha value is -3.61. The van der Waals surface area contributed by atoms with Crippen LogP contribution in [0.25, 0.3) is 0 Å². The van der Waals surface area contributed by atoms with Crippen molar-refractivity contribution in [3.05, 3.63) is 77.4 Å². The van der Waals surface area contributed by atoms with Crippen LogP contribution >= 0.6 is 0 Å². The lowest BCUT2D eigenvalue weighted by atomic mass is 10.2. The molecule has 0 fully saturated rings. The zero-order valence-electron chi connectivity index (χ0n) is 16.2. The number of benzene rings is 2. The number of methoxy groups -OCH3 is 1.